The van der Waals surface area contributed by atoms with Gasteiger partial charge in [-0.15, -0.1) is 0 Å². The lowest BCUT2D eigenvalue weighted by atomic mass is 10.2. The number of carbonyl (C=O) groups is 2. The molecule has 0 aromatic heterocycles. The van der Waals surface area contributed by atoms with Gasteiger partial charge in [-0.3, -0.25) is 13.9 Å². The lowest BCUT2D eigenvalue weighted by molar-refractivity contribution is -0.131. The Bertz CT molecular complexity index is 1260. The number of nitrogens with zero attached hydrogens (tertiary/aromatic N) is 2. The average molecular weight is 482 g/mol. The first-order valence-electron chi connectivity index (χ1n) is 10.1. The Morgan fingerprint density at radius 3 is 2.09 bits per heavy atom. The summed E-state index contributed by atoms with van der Waals surface area (Å²) in [6, 6.07) is 22.0. The molecule has 0 aliphatic carbocycles. The summed E-state index contributed by atoms with van der Waals surface area (Å²) < 4.78 is 36.2. The highest BCUT2D eigenvalue weighted by Gasteiger charge is 2.20. The average Bonchev–Trinajstić information content (AvgIpc) is 2.79. The standard InChI is InChI=1S/C24H23N3O6S/c1-18(28)32-22-12-8-19(9-13-22)16-25-26-24(29)17-27(34(2,30)31)20-10-14-23(15-11-20)33-21-6-4-3-5-7-21/h3-16H,17H2,1-2H3,(H,26,29)/b25-16+. The SMILES string of the molecule is CC(=O)Oc1ccc(/C=N/NC(=O)CN(c2ccc(Oc3ccccc3)cc2)S(C)(=O)=O)cc1. The molecule has 0 saturated heterocycles. The Balaban J connectivity index is 1.62. The van der Waals surface area contributed by atoms with E-state index in [2.05, 4.69) is 10.5 Å². The van der Waals surface area contributed by atoms with Gasteiger partial charge in [-0.1, -0.05) is 18.2 Å². The lowest BCUT2D eigenvalue weighted by Crippen LogP contribution is -2.38. The van der Waals surface area contributed by atoms with E-state index < -0.39 is 28.4 Å². The topological polar surface area (TPSA) is 114 Å². The van der Waals surface area contributed by atoms with Crippen LogP contribution in [0.3, 0.4) is 0 Å². The number of anilines is 1. The fourth-order valence-electron chi connectivity index (χ4n) is 2.84. The second-order valence-electron chi connectivity index (χ2n) is 7.13. The molecule has 10 heteroatoms. The number of esters is 1. The Morgan fingerprint density at radius 1 is 0.912 bits per heavy atom. The molecule has 3 aromatic carbocycles. The molecule has 3 rings (SSSR count). The van der Waals surface area contributed by atoms with Gasteiger partial charge >= 0.3 is 5.97 Å². The summed E-state index contributed by atoms with van der Waals surface area (Å²) in [5, 5.41) is 3.85. The number of rotatable bonds is 9. The molecule has 0 saturated carbocycles. The first-order valence-corrected chi connectivity index (χ1v) is 12.0. The highest BCUT2D eigenvalue weighted by molar-refractivity contribution is 7.92. The van der Waals surface area contributed by atoms with Crippen molar-refractivity contribution in [2.75, 3.05) is 17.1 Å². The summed E-state index contributed by atoms with van der Waals surface area (Å²) in [7, 11) is -3.74. The van der Waals surface area contributed by atoms with Gasteiger partial charge in [-0.2, -0.15) is 5.10 Å². The first-order chi connectivity index (χ1) is 16.2. The minimum absolute atomic E-state index is 0.308. The second kappa shape index (κ2) is 11.1. The quantitative estimate of drug-likeness (QED) is 0.217. The van der Waals surface area contributed by atoms with E-state index in [1.54, 1.807) is 60.7 Å². The van der Waals surface area contributed by atoms with Crippen LogP contribution in [0.4, 0.5) is 5.69 Å². The summed E-state index contributed by atoms with van der Waals surface area (Å²) in [5.41, 5.74) is 3.26. The maximum absolute atomic E-state index is 12.3. The molecule has 0 heterocycles. The van der Waals surface area contributed by atoms with Gasteiger partial charge in [0.2, 0.25) is 10.0 Å². The van der Waals surface area contributed by atoms with Crippen molar-refractivity contribution < 1.29 is 27.5 Å². The van der Waals surface area contributed by atoms with Gasteiger partial charge in [0.15, 0.2) is 0 Å². The van der Waals surface area contributed by atoms with E-state index in [-0.39, 0.29) is 0 Å². The zero-order valence-electron chi connectivity index (χ0n) is 18.5. The summed E-state index contributed by atoms with van der Waals surface area (Å²) in [4.78, 5) is 23.3. The first kappa shape index (κ1) is 24.5. The van der Waals surface area contributed by atoms with Gasteiger partial charge in [0.05, 0.1) is 18.2 Å². The van der Waals surface area contributed by atoms with E-state index in [1.807, 2.05) is 18.2 Å². The van der Waals surface area contributed by atoms with Crippen LogP contribution in [-0.2, 0) is 19.6 Å². The number of sulfonamides is 1. The molecule has 176 valence electrons. The molecular formula is C24H23N3O6S. The molecule has 1 amide bonds. The number of nitrogens with one attached hydrogen (secondary N) is 1. The van der Waals surface area contributed by atoms with E-state index in [0.717, 1.165) is 10.6 Å². The van der Waals surface area contributed by atoms with Crippen molar-refractivity contribution in [3.63, 3.8) is 0 Å². The smallest absolute Gasteiger partial charge is 0.308 e. The van der Waals surface area contributed by atoms with Crippen molar-refractivity contribution in [3.8, 4) is 17.2 Å². The van der Waals surface area contributed by atoms with Crippen LogP contribution < -0.4 is 19.2 Å². The molecule has 9 nitrogen and oxygen atoms in total. The number of amides is 1. The molecule has 0 fully saturated rings. The number of ether oxygens (including phenoxy) is 2. The summed E-state index contributed by atoms with van der Waals surface area (Å²) >= 11 is 0. The van der Waals surface area contributed by atoms with E-state index in [4.69, 9.17) is 9.47 Å². The lowest BCUT2D eigenvalue weighted by Gasteiger charge is -2.21. The molecule has 3 aromatic rings. The van der Waals surface area contributed by atoms with Crippen LogP contribution in [0.2, 0.25) is 0 Å². The minimum Gasteiger partial charge on any atom is -0.457 e. The zero-order chi connectivity index (χ0) is 24.6. The number of benzene rings is 3. The van der Waals surface area contributed by atoms with Crippen molar-refractivity contribution in [3.05, 3.63) is 84.4 Å². The van der Waals surface area contributed by atoms with Gasteiger partial charge in [0.1, 0.15) is 23.8 Å². The summed E-state index contributed by atoms with van der Waals surface area (Å²) in [6.45, 7) is 0.845. The zero-order valence-corrected chi connectivity index (χ0v) is 19.4. The molecule has 34 heavy (non-hydrogen) atoms. The van der Waals surface area contributed by atoms with E-state index in [9.17, 15) is 18.0 Å². The third kappa shape index (κ3) is 7.45. The van der Waals surface area contributed by atoms with Crippen LogP contribution in [0, 0.1) is 0 Å². The van der Waals surface area contributed by atoms with Crippen LogP contribution in [-0.4, -0.2) is 39.3 Å². The summed E-state index contributed by atoms with van der Waals surface area (Å²) in [6.07, 6.45) is 2.40. The molecule has 0 aliphatic rings. The Kier molecular flexibility index (Phi) is 7.99. The predicted octanol–water partition coefficient (Wildman–Crippen LogP) is 3.32. The fourth-order valence-corrected chi connectivity index (χ4v) is 3.69. The molecule has 0 spiro atoms. The molecule has 0 aliphatic heterocycles. The number of carbonyl (C=O) groups excluding carboxylic acids is 2. The van der Waals surface area contributed by atoms with Crippen LogP contribution in [0.1, 0.15) is 12.5 Å². The molecule has 0 radical (unpaired) electrons. The molecular weight excluding hydrogens is 458 g/mol. The fraction of sp³-hybridized carbons (Fsp3) is 0.125. The minimum atomic E-state index is -3.74. The maximum Gasteiger partial charge on any atom is 0.308 e. The number of para-hydroxylation sites is 1. The van der Waals surface area contributed by atoms with Gasteiger partial charge in [-0.25, -0.2) is 13.8 Å². The van der Waals surface area contributed by atoms with Crippen molar-refractivity contribution in [2.45, 2.75) is 6.92 Å². The summed E-state index contributed by atoms with van der Waals surface area (Å²) in [5.74, 6) is 0.508. The van der Waals surface area contributed by atoms with Crippen molar-refractivity contribution >= 4 is 33.8 Å². The van der Waals surface area contributed by atoms with Crippen molar-refractivity contribution in [2.24, 2.45) is 5.10 Å². The van der Waals surface area contributed by atoms with E-state index in [0.29, 0.717) is 28.5 Å². The van der Waals surface area contributed by atoms with Crippen LogP contribution in [0.25, 0.3) is 0 Å². The number of hydrazone groups is 1. The molecule has 1 N–H and O–H groups in total. The highest BCUT2D eigenvalue weighted by Crippen LogP contribution is 2.25. The second-order valence-corrected chi connectivity index (χ2v) is 9.04. The van der Waals surface area contributed by atoms with E-state index in [1.165, 1.54) is 13.1 Å². The monoisotopic (exact) mass is 481 g/mol. The third-order valence-corrected chi connectivity index (χ3v) is 5.48. The van der Waals surface area contributed by atoms with Gasteiger partial charge in [0, 0.05) is 6.92 Å². The normalized spacial score (nSPS) is 11.1. The van der Waals surface area contributed by atoms with Crippen molar-refractivity contribution in [1.82, 2.24) is 5.43 Å². The number of hydrogen-bond acceptors (Lipinski definition) is 7. The Morgan fingerprint density at radius 2 is 1.50 bits per heavy atom. The van der Waals surface area contributed by atoms with Gasteiger partial charge in [0.25, 0.3) is 5.91 Å². The van der Waals surface area contributed by atoms with Crippen LogP contribution >= 0.6 is 0 Å². The third-order valence-electron chi connectivity index (χ3n) is 4.34. The Labute approximate surface area is 197 Å². The molecule has 0 unspecified atom stereocenters. The highest BCUT2D eigenvalue weighted by atomic mass is 32.2. The predicted molar refractivity (Wildman–Crippen MR) is 129 cm³/mol. The molecule has 0 bridgehead atoms. The molecule has 0 atom stereocenters. The largest absolute Gasteiger partial charge is 0.457 e. The van der Waals surface area contributed by atoms with Crippen LogP contribution in [0.5, 0.6) is 17.2 Å². The van der Waals surface area contributed by atoms with Crippen LogP contribution in [0.15, 0.2) is 84.0 Å². The number of hydrogen-bond donors (Lipinski definition) is 1. The van der Waals surface area contributed by atoms with Gasteiger partial charge < -0.3 is 9.47 Å². The van der Waals surface area contributed by atoms with Gasteiger partial charge in [-0.05, 0) is 66.2 Å². The maximum atomic E-state index is 12.3. The van der Waals surface area contributed by atoms with Crippen molar-refractivity contribution in [1.29, 1.82) is 0 Å². The Hall–Kier alpha value is -4.18. The van der Waals surface area contributed by atoms with E-state index >= 15 is 0 Å².